The fraction of sp³-hybridized carbons (Fsp3) is 0.389. The molecule has 0 unspecified atom stereocenters. The van der Waals surface area contributed by atoms with E-state index in [1.165, 1.54) is 24.3 Å². The average Bonchev–Trinajstić information content (AvgIpc) is 3.10. The molecule has 1 aliphatic rings. The number of nitrogens with zero attached hydrogens (tertiary/aromatic N) is 2. The smallest absolute Gasteiger partial charge is 0.319 e. The zero-order chi connectivity index (χ0) is 18.5. The Bertz CT molecular complexity index is 774. The van der Waals surface area contributed by atoms with E-state index in [0.29, 0.717) is 30.9 Å². The van der Waals surface area contributed by atoms with Crippen LogP contribution in [0.5, 0.6) is 0 Å². The molecular weight excluding hydrogens is 337 g/mol. The summed E-state index contributed by atoms with van der Waals surface area (Å²) < 4.78 is 13.1. The van der Waals surface area contributed by atoms with Gasteiger partial charge in [0.2, 0.25) is 0 Å². The normalized spacial score (nSPS) is 17.0. The van der Waals surface area contributed by atoms with Crippen LogP contribution in [0.25, 0.3) is 0 Å². The number of carbonyl (C=O) groups excluding carboxylic acids is 2. The topological polar surface area (TPSA) is 90.1 Å². The van der Waals surface area contributed by atoms with Crippen molar-refractivity contribution < 1.29 is 14.0 Å². The van der Waals surface area contributed by atoms with Crippen molar-refractivity contribution in [1.29, 1.82) is 0 Å². The second-order valence-corrected chi connectivity index (χ2v) is 6.28. The lowest BCUT2D eigenvalue weighted by molar-refractivity contribution is 0.0706. The van der Waals surface area contributed by atoms with E-state index < -0.39 is 0 Å². The zero-order valence-corrected chi connectivity index (χ0v) is 14.6. The summed E-state index contributed by atoms with van der Waals surface area (Å²) in [6.45, 7) is 3.54. The van der Waals surface area contributed by atoms with Gasteiger partial charge in [0.05, 0.1) is 17.6 Å². The Balaban J connectivity index is 1.71. The van der Waals surface area contributed by atoms with Gasteiger partial charge in [-0.1, -0.05) is 0 Å². The Kier molecular flexibility index (Phi) is 5.50. The summed E-state index contributed by atoms with van der Waals surface area (Å²) in [4.78, 5) is 26.2. The van der Waals surface area contributed by atoms with E-state index in [2.05, 4.69) is 20.8 Å². The van der Waals surface area contributed by atoms with Gasteiger partial charge < -0.3 is 15.5 Å². The van der Waals surface area contributed by atoms with Gasteiger partial charge in [0, 0.05) is 31.1 Å². The van der Waals surface area contributed by atoms with Crippen LogP contribution in [0.1, 0.15) is 41.7 Å². The number of carbonyl (C=O) groups is 2. The van der Waals surface area contributed by atoms with Gasteiger partial charge in [0.15, 0.2) is 0 Å². The van der Waals surface area contributed by atoms with E-state index in [-0.39, 0.29) is 23.7 Å². The van der Waals surface area contributed by atoms with Crippen molar-refractivity contribution in [3.63, 3.8) is 0 Å². The number of likely N-dealkylation sites (tertiary alicyclic amines) is 1. The largest absolute Gasteiger partial charge is 0.338 e. The van der Waals surface area contributed by atoms with E-state index >= 15 is 0 Å². The highest BCUT2D eigenvalue weighted by Gasteiger charge is 2.28. The second kappa shape index (κ2) is 7.99. The molecule has 0 aliphatic carbocycles. The van der Waals surface area contributed by atoms with Crippen molar-refractivity contribution in [3.05, 3.63) is 47.5 Å². The number of hydrogen-bond acceptors (Lipinski definition) is 3. The molecule has 3 N–H and O–H groups in total. The molecule has 1 fully saturated rings. The number of halogens is 1. The molecule has 3 rings (SSSR count). The van der Waals surface area contributed by atoms with Gasteiger partial charge in [-0.3, -0.25) is 9.89 Å². The molecule has 7 nitrogen and oxygen atoms in total. The number of H-pyrrole nitrogens is 1. The van der Waals surface area contributed by atoms with Gasteiger partial charge in [-0.15, -0.1) is 0 Å². The molecule has 8 heteroatoms. The number of aromatic nitrogens is 2. The van der Waals surface area contributed by atoms with Crippen LogP contribution in [-0.2, 0) is 0 Å². The van der Waals surface area contributed by atoms with Crippen LogP contribution in [-0.4, -0.2) is 46.7 Å². The molecule has 0 bridgehead atoms. The highest BCUT2D eigenvalue weighted by molar-refractivity contribution is 5.94. The lowest BCUT2D eigenvalue weighted by Crippen LogP contribution is -2.39. The number of urea groups is 1. The number of piperidine rings is 1. The van der Waals surface area contributed by atoms with Gasteiger partial charge >= 0.3 is 6.03 Å². The summed E-state index contributed by atoms with van der Waals surface area (Å²) in [7, 11) is 0. The molecular formula is C18H22FN5O2. The molecule has 1 atom stereocenters. The number of rotatable bonds is 4. The SMILES string of the molecule is CCNC(=O)Nc1cn[nH]c1[C@H]1CCCN(C(=O)c2ccc(F)cc2)C1. The Labute approximate surface area is 151 Å². The van der Waals surface area contributed by atoms with Gasteiger partial charge in [-0.2, -0.15) is 5.10 Å². The standard InChI is InChI=1S/C18H22FN5O2/c1-2-20-18(26)22-15-10-21-23-16(15)13-4-3-9-24(11-13)17(25)12-5-7-14(19)8-6-12/h5-8,10,13H,2-4,9,11H2,1H3,(H,21,23)(H2,20,22,26)/t13-/m0/s1. The van der Waals surface area contributed by atoms with E-state index in [1.807, 2.05) is 6.92 Å². The number of nitrogens with one attached hydrogen (secondary N) is 3. The monoisotopic (exact) mass is 359 g/mol. The van der Waals surface area contributed by atoms with Crippen LogP contribution in [0.15, 0.2) is 30.5 Å². The highest BCUT2D eigenvalue weighted by atomic mass is 19.1. The van der Waals surface area contributed by atoms with E-state index in [0.717, 1.165) is 18.5 Å². The predicted octanol–water partition coefficient (Wildman–Crippen LogP) is 2.71. The first kappa shape index (κ1) is 17.9. The number of benzene rings is 1. The first-order valence-corrected chi connectivity index (χ1v) is 8.71. The summed E-state index contributed by atoms with van der Waals surface area (Å²) in [6, 6.07) is 5.29. The first-order valence-electron chi connectivity index (χ1n) is 8.71. The van der Waals surface area contributed by atoms with E-state index in [9.17, 15) is 14.0 Å². The van der Waals surface area contributed by atoms with Crippen molar-refractivity contribution in [2.24, 2.45) is 0 Å². The predicted molar refractivity (Wildman–Crippen MR) is 95.6 cm³/mol. The van der Waals surface area contributed by atoms with Crippen molar-refractivity contribution in [2.45, 2.75) is 25.7 Å². The molecule has 1 aliphatic heterocycles. The van der Waals surface area contributed by atoms with Crippen LogP contribution in [0.3, 0.4) is 0 Å². The maximum absolute atomic E-state index is 13.1. The first-order chi connectivity index (χ1) is 12.6. The molecule has 1 aromatic heterocycles. The average molecular weight is 359 g/mol. The Hall–Kier alpha value is -2.90. The third-order valence-electron chi connectivity index (χ3n) is 4.46. The van der Waals surface area contributed by atoms with Crippen LogP contribution in [0.2, 0.25) is 0 Å². The number of hydrogen-bond donors (Lipinski definition) is 3. The van der Waals surface area contributed by atoms with Gasteiger partial charge in [-0.25, -0.2) is 9.18 Å². The van der Waals surface area contributed by atoms with Crippen LogP contribution in [0.4, 0.5) is 14.9 Å². The molecule has 0 saturated carbocycles. The Morgan fingerprint density at radius 3 is 2.85 bits per heavy atom. The lowest BCUT2D eigenvalue weighted by Gasteiger charge is -2.32. The molecule has 2 aromatic rings. The molecule has 0 spiro atoms. The van der Waals surface area contributed by atoms with Crippen molar-refractivity contribution >= 4 is 17.6 Å². The minimum absolute atomic E-state index is 0.0487. The number of aromatic amines is 1. The Morgan fingerprint density at radius 2 is 2.12 bits per heavy atom. The molecule has 3 amide bonds. The third kappa shape index (κ3) is 4.01. The third-order valence-corrected chi connectivity index (χ3v) is 4.46. The van der Waals surface area contributed by atoms with E-state index in [4.69, 9.17) is 0 Å². The zero-order valence-electron chi connectivity index (χ0n) is 14.6. The highest BCUT2D eigenvalue weighted by Crippen LogP contribution is 2.30. The van der Waals surface area contributed by atoms with Gasteiger partial charge in [-0.05, 0) is 44.0 Å². The van der Waals surface area contributed by atoms with E-state index in [1.54, 1.807) is 11.1 Å². The molecule has 2 heterocycles. The number of anilines is 1. The van der Waals surface area contributed by atoms with Crippen LogP contribution >= 0.6 is 0 Å². The Morgan fingerprint density at radius 1 is 1.35 bits per heavy atom. The summed E-state index contributed by atoms with van der Waals surface area (Å²) in [5.74, 6) is -0.434. The molecule has 0 radical (unpaired) electrons. The molecule has 138 valence electrons. The summed E-state index contributed by atoms with van der Waals surface area (Å²) in [5, 5.41) is 12.4. The fourth-order valence-corrected chi connectivity index (χ4v) is 3.21. The molecule has 1 aromatic carbocycles. The second-order valence-electron chi connectivity index (χ2n) is 6.28. The summed E-state index contributed by atoms with van der Waals surface area (Å²) in [5.41, 5.74) is 1.90. The minimum Gasteiger partial charge on any atom is -0.338 e. The van der Waals surface area contributed by atoms with Crippen molar-refractivity contribution in [1.82, 2.24) is 20.4 Å². The van der Waals surface area contributed by atoms with Crippen LogP contribution < -0.4 is 10.6 Å². The maximum atomic E-state index is 13.1. The maximum Gasteiger partial charge on any atom is 0.319 e. The minimum atomic E-state index is -0.364. The summed E-state index contributed by atoms with van der Waals surface area (Å²) >= 11 is 0. The molecule has 1 saturated heterocycles. The molecule has 26 heavy (non-hydrogen) atoms. The van der Waals surface area contributed by atoms with Crippen LogP contribution in [0, 0.1) is 5.82 Å². The lowest BCUT2D eigenvalue weighted by atomic mass is 9.93. The summed E-state index contributed by atoms with van der Waals surface area (Å²) in [6.07, 6.45) is 3.31. The quantitative estimate of drug-likeness (QED) is 0.784. The number of amides is 3. The fourth-order valence-electron chi connectivity index (χ4n) is 3.21. The van der Waals surface area contributed by atoms with Crippen molar-refractivity contribution in [3.8, 4) is 0 Å². The van der Waals surface area contributed by atoms with Gasteiger partial charge in [0.25, 0.3) is 5.91 Å². The van der Waals surface area contributed by atoms with Gasteiger partial charge in [0.1, 0.15) is 5.82 Å². The van der Waals surface area contributed by atoms with Crippen molar-refractivity contribution in [2.75, 3.05) is 25.0 Å².